The molecule has 100 valence electrons. The summed E-state index contributed by atoms with van der Waals surface area (Å²) in [6.07, 6.45) is 3.22. The van der Waals surface area contributed by atoms with Gasteiger partial charge in [0.15, 0.2) is 11.6 Å². The normalized spacial score (nSPS) is 10.9. The molecule has 0 aliphatic heterocycles. The Labute approximate surface area is 105 Å². The fraction of sp³-hybridized carbons (Fsp3) is 0.545. The van der Waals surface area contributed by atoms with Crippen LogP contribution >= 0.6 is 0 Å². The molecule has 0 aromatic carbocycles. The van der Waals surface area contributed by atoms with Crippen molar-refractivity contribution >= 4 is 12.2 Å². The second-order valence-electron chi connectivity index (χ2n) is 3.73. The van der Waals surface area contributed by atoms with E-state index in [4.69, 9.17) is 9.47 Å². The second kappa shape index (κ2) is 7.54. The van der Waals surface area contributed by atoms with Crippen LogP contribution < -0.4 is 4.74 Å². The molecule has 1 aromatic heterocycles. The highest BCUT2D eigenvalue weighted by atomic mass is 19.1. The van der Waals surface area contributed by atoms with Crippen molar-refractivity contribution in [2.24, 2.45) is 4.99 Å². The van der Waals surface area contributed by atoms with E-state index in [1.807, 2.05) is 0 Å². The highest BCUT2D eigenvalue weighted by Crippen LogP contribution is 2.16. The zero-order chi connectivity index (χ0) is 13.4. The molecule has 7 heteroatoms. The van der Waals surface area contributed by atoms with E-state index in [2.05, 4.69) is 15.0 Å². The van der Waals surface area contributed by atoms with Crippen LogP contribution in [0.25, 0.3) is 0 Å². The highest BCUT2D eigenvalue weighted by molar-refractivity contribution is 5.59. The lowest BCUT2D eigenvalue weighted by atomic mass is 10.5. The third-order valence-corrected chi connectivity index (χ3v) is 1.84. The Morgan fingerprint density at radius 2 is 2.22 bits per heavy atom. The van der Waals surface area contributed by atoms with Crippen LogP contribution in [0.1, 0.15) is 6.42 Å². The van der Waals surface area contributed by atoms with Crippen molar-refractivity contribution in [1.29, 1.82) is 0 Å². The van der Waals surface area contributed by atoms with Crippen molar-refractivity contribution in [3.8, 4) is 6.01 Å². The first-order valence-corrected chi connectivity index (χ1v) is 5.48. The molecule has 0 atom stereocenters. The third-order valence-electron chi connectivity index (χ3n) is 1.84. The largest absolute Gasteiger partial charge is 0.463 e. The van der Waals surface area contributed by atoms with Gasteiger partial charge >= 0.3 is 6.01 Å². The molecule has 0 bridgehead atoms. The van der Waals surface area contributed by atoms with Crippen molar-refractivity contribution in [1.82, 2.24) is 14.9 Å². The first-order valence-electron chi connectivity index (χ1n) is 5.48. The Kier molecular flexibility index (Phi) is 5.99. The van der Waals surface area contributed by atoms with Crippen LogP contribution in [-0.4, -0.2) is 55.6 Å². The van der Waals surface area contributed by atoms with E-state index in [1.54, 1.807) is 26.1 Å². The number of ether oxygens (including phenoxy) is 2. The van der Waals surface area contributed by atoms with E-state index in [0.717, 1.165) is 6.20 Å². The molecule has 1 heterocycles. The third kappa shape index (κ3) is 5.05. The van der Waals surface area contributed by atoms with Crippen molar-refractivity contribution in [2.75, 3.05) is 34.4 Å². The maximum absolute atomic E-state index is 13.3. The van der Waals surface area contributed by atoms with Gasteiger partial charge in [0.25, 0.3) is 0 Å². The van der Waals surface area contributed by atoms with Crippen LogP contribution in [0.3, 0.4) is 0 Å². The van der Waals surface area contributed by atoms with E-state index >= 15 is 0 Å². The fourth-order valence-electron chi connectivity index (χ4n) is 1.04. The summed E-state index contributed by atoms with van der Waals surface area (Å²) in [6, 6.07) is 0.110. The summed E-state index contributed by atoms with van der Waals surface area (Å²) in [4.78, 5) is 13.2. The number of hydrogen-bond acceptors (Lipinski definition) is 5. The molecule has 1 aromatic rings. The Morgan fingerprint density at radius 1 is 1.44 bits per heavy atom. The van der Waals surface area contributed by atoms with Gasteiger partial charge in [-0.05, 0) is 0 Å². The molecular formula is C11H17FN4O2. The van der Waals surface area contributed by atoms with Crippen molar-refractivity contribution in [3.63, 3.8) is 0 Å². The molecule has 0 saturated carbocycles. The second-order valence-corrected chi connectivity index (χ2v) is 3.73. The van der Waals surface area contributed by atoms with E-state index in [9.17, 15) is 4.39 Å². The predicted molar refractivity (Wildman–Crippen MR) is 65.8 cm³/mol. The van der Waals surface area contributed by atoms with Gasteiger partial charge in [0.05, 0.1) is 19.1 Å². The number of methoxy groups -OCH3 is 1. The topological polar surface area (TPSA) is 59.8 Å². The molecule has 0 radical (unpaired) electrons. The summed E-state index contributed by atoms with van der Waals surface area (Å²) in [6.45, 7) is 1.00. The van der Waals surface area contributed by atoms with E-state index < -0.39 is 5.82 Å². The molecular weight excluding hydrogens is 239 g/mol. The molecule has 0 N–H and O–H groups in total. The summed E-state index contributed by atoms with van der Waals surface area (Å²) < 4.78 is 23.5. The van der Waals surface area contributed by atoms with Crippen molar-refractivity contribution < 1.29 is 13.9 Å². The molecule has 0 fully saturated rings. The minimum atomic E-state index is -0.586. The van der Waals surface area contributed by atoms with Gasteiger partial charge in [0, 0.05) is 34.2 Å². The van der Waals surface area contributed by atoms with Gasteiger partial charge in [-0.1, -0.05) is 0 Å². The maximum atomic E-state index is 13.3. The van der Waals surface area contributed by atoms with Gasteiger partial charge in [-0.15, -0.1) is 0 Å². The molecule has 1 rings (SSSR count). The highest BCUT2D eigenvalue weighted by Gasteiger charge is 2.06. The van der Waals surface area contributed by atoms with E-state index in [0.29, 0.717) is 19.6 Å². The Hall–Kier alpha value is -1.76. The number of halogens is 1. The van der Waals surface area contributed by atoms with Gasteiger partial charge in [-0.2, -0.15) is 4.98 Å². The molecule has 0 spiro atoms. The number of rotatable bonds is 7. The SMILES string of the molecule is COCCCOc1ncc(F)c(N=CN(C)C)n1. The lowest BCUT2D eigenvalue weighted by Crippen LogP contribution is -2.08. The van der Waals surface area contributed by atoms with Crippen molar-refractivity contribution in [2.45, 2.75) is 6.42 Å². The van der Waals surface area contributed by atoms with Crippen LogP contribution in [0.15, 0.2) is 11.2 Å². The molecule has 0 saturated heterocycles. The van der Waals surface area contributed by atoms with Gasteiger partial charge in [-0.25, -0.2) is 14.4 Å². The number of nitrogens with zero attached hydrogens (tertiary/aromatic N) is 4. The quantitative estimate of drug-likeness (QED) is 0.417. The summed E-state index contributed by atoms with van der Waals surface area (Å²) >= 11 is 0. The minimum Gasteiger partial charge on any atom is -0.463 e. The Balaban J connectivity index is 2.62. The average Bonchev–Trinajstić information content (AvgIpc) is 2.34. The first kappa shape index (κ1) is 14.3. The maximum Gasteiger partial charge on any atom is 0.318 e. The van der Waals surface area contributed by atoms with Gasteiger partial charge in [-0.3, -0.25) is 0 Å². The van der Waals surface area contributed by atoms with Crippen LogP contribution in [0.4, 0.5) is 10.2 Å². The van der Waals surface area contributed by atoms with Gasteiger partial charge in [0.1, 0.15) is 0 Å². The number of hydrogen-bond donors (Lipinski definition) is 0. The minimum absolute atomic E-state index is 0.0413. The first-order chi connectivity index (χ1) is 8.63. The molecule has 6 nitrogen and oxygen atoms in total. The summed E-state index contributed by atoms with van der Waals surface area (Å²) in [5.41, 5.74) is 0. The van der Waals surface area contributed by atoms with E-state index in [1.165, 1.54) is 6.34 Å². The Morgan fingerprint density at radius 3 is 2.89 bits per heavy atom. The van der Waals surface area contributed by atoms with Crippen LogP contribution in [0.5, 0.6) is 6.01 Å². The molecule has 18 heavy (non-hydrogen) atoms. The lowest BCUT2D eigenvalue weighted by Gasteiger charge is -2.05. The summed E-state index contributed by atoms with van der Waals surface area (Å²) in [5.74, 6) is -0.627. The smallest absolute Gasteiger partial charge is 0.318 e. The van der Waals surface area contributed by atoms with Crippen LogP contribution in [0, 0.1) is 5.82 Å². The van der Waals surface area contributed by atoms with Crippen LogP contribution in [-0.2, 0) is 4.74 Å². The zero-order valence-electron chi connectivity index (χ0n) is 10.8. The van der Waals surface area contributed by atoms with E-state index in [-0.39, 0.29) is 11.8 Å². The standard InChI is InChI=1S/C11H17FN4O2/c1-16(2)8-14-10-9(12)7-13-11(15-10)18-6-4-5-17-3/h7-8H,4-6H2,1-3H3. The fourth-order valence-corrected chi connectivity index (χ4v) is 1.04. The van der Waals surface area contributed by atoms with Gasteiger partial charge < -0.3 is 14.4 Å². The van der Waals surface area contributed by atoms with Crippen molar-refractivity contribution in [3.05, 3.63) is 12.0 Å². The Bertz CT molecular complexity index is 399. The summed E-state index contributed by atoms with van der Waals surface area (Å²) in [7, 11) is 5.18. The zero-order valence-corrected chi connectivity index (χ0v) is 10.8. The number of aliphatic imine (C=N–C) groups is 1. The number of aromatic nitrogens is 2. The summed E-state index contributed by atoms with van der Waals surface area (Å²) in [5, 5.41) is 0. The van der Waals surface area contributed by atoms with Crippen LogP contribution in [0.2, 0.25) is 0 Å². The predicted octanol–water partition coefficient (Wildman–Crippen LogP) is 1.25. The molecule has 0 aliphatic rings. The monoisotopic (exact) mass is 256 g/mol. The lowest BCUT2D eigenvalue weighted by molar-refractivity contribution is 0.168. The molecule has 0 amide bonds. The average molecular weight is 256 g/mol. The molecule has 0 aliphatic carbocycles. The molecule has 0 unspecified atom stereocenters. The van der Waals surface area contributed by atoms with Gasteiger partial charge in [0.2, 0.25) is 0 Å².